The molecule has 0 radical (unpaired) electrons. The Balaban J connectivity index is 2.51. The molecule has 148 valence electrons. The maximum Gasteiger partial charge on any atom is 0.267 e. The van der Waals surface area contributed by atoms with Gasteiger partial charge in [-0.05, 0) is 37.3 Å². The minimum absolute atomic E-state index is 0.0195. The van der Waals surface area contributed by atoms with Gasteiger partial charge in [-0.15, -0.1) is 0 Å². The van der Waals surface area contributed by atoms with Crippen molar-refractivity contribution in [3.63, 3.8) is 0 Å². The lowest BCUT2D eigenvalue weighted by Gasteiger charge is -2.17. The van der Waals surface area contributed by atoms with Gasteiger partial charge in [0.25, 0.3) is 12.0 Å². The third kappa shape index (κ3) is 3.52. The SMILES string of the molecule is C[C@H](N)c1nc2cccc(S(C)(=O)=O)c2c(=O)n1-c1cc(F)cc(C(F)F)c1. The first kappa shape index (κ1) is 20.0. The van der Waals surface area contributed by atoms with Crippen LogP contribution >= 0.6 is 0 Å². The van der Waals surface area contributed by atoms with Gasteiger partial charge in [-0.2, -0.15) is 0 Å². The largest absolute Gasteiger partial charge is 0.322 e. The molecule has 0 saturated carbocycles. The molecule has 6 nitrogen and oxygen atoms in total. The van der Waals surface area contributed by atoms with Gasteiger partial charge in [-0.3, -0.25) is 9.36 Å². The summed E-state index contributed by atoms with van der Waals surface area (Å²) in [5.41, 5.74) is 4.28. The number of fused-ring (bicyclic) bond motifs is 1. The summed E-state index contributed by atoms with van der Waals surface area (Å²) in [4.78, 5) is 17.2. The normalized spacial score (nSPS) is 13.2. The van der Waals surface area contributed by atoms with E-state index in [1.165, 1.54) is 25.1 Å². The number of hydrogen-bond donors (Lipinski definition) is 1. The number of sulfone groups is 1. The van der Waals surface area contributed by atoms with Crippen molar-refractivity contribution < 1.29 is 21.6 Å². The van der Waals surface area contributed by atoms with Crippen molar-refractivity contribution in [1.29, 1.82) is 0 Å². The van der Waals surface area contributed by atoms with Crippen LogP contribution in [0.1, 0.15) is 30.8 Å². The van der Waals surface area contributed by atoms with E-state index < -0.39 is 39.2 Å². The molecule has 1 atom stereocenters. The maximum atomic E-state index is 13.9. The van der Waals surface area contributed by atoms with Gasteiger partial charge in [0.15, 0.2) is 9.84 Å². The molecule has 2 N–H and O–H groups in total. The van der Waals surface area contributed by atoms with E-state index in [1.54, 1.807) is 0 Å². The Morgan fingerprint density at radius 3 is 2.43 bits per heavy atom. The van der Waals surface area contributed by atoms with Gasteiger partial charge in [0.05, 0.1) is 27.5 Å². The Hall–Kier alpha value is -2.72. The topological polar surface area (TPSA) is 95.1 Å². The number of alkyl halides is 2. The summed E-state index contributed by atoms with van der Waals surface area (Å²) < 4.78 is 65.2. The molecule has 3 rings (SSSR count). The molecule has 0 fully saturated rings. The van der Waals surface area contributed by atoms with Crippen molar-refractivity contribution in [3.8, 4) is 5.69 Å². The standard InChI is InChI=1S/C18H16F3N3O3S/c1-9(22)17-23-13-4-3-5-14(28(2,26)27)15(13)18(25)24(17)12-7-10(16(20)21)6-11(19)8-12/h3-9,16H,22H2,1-2H3/t9-/m0/s1. The Morgan fingerprint density at radius 1 is 1.18 bits per heavy atom. The van der Waals surface area contributed by atoms with E-state index >= 15 is 0 Å². The van der Waals surface area contributed by atoms with Gasteiger partial charge in [0.1, 0.15) is 11.6 Å². The second kappa shape index (κ2) is 7.02. The van der Waals surface area contributed by atoms with E-state index in [0.717, 1.165) is 23.0 Å². The fourth-order valence-corrected chi connectivity index (χ4v) is 3.82. The summed E-state index contributed by atoms with van der Waals surface area (Å²) in [6, 6.07) is 5.77. The van der Waals surface area contributed by atoms with Crippen molar-refractivity contribution in [1.82, 2.24) is 9.55 Å². The first-order valence-electron chi connectivity index (χ1n) is 8.11. The average molecular weight is 411 g/mol. The molecule has 0 bridgehead atoms. The summed E-state index contributed by atoms with van der Waals surface area (Å²) in [6.45, 7) is 1.51. The van der Waals surface area contributed by atoms with E-state index in [-0.39, 0.29) is 27.3 Å². The Labute approximate surface area is 158 Å². The Morgan fingerprint density at radius 2 is 1.86 bits per heavy atom. The molecule has 10 heteroatoms. The lowest BCUT2D eigenvalue weighted by Crippen LogP contribution is -2.28. The molecule has 0 amide bonds. The summed E-state index contributed by atoms with van der Waals surface area (Å²) >= 11 is 0. The molecule has 0 aliphatic rings. The second-order valence-electron chi connectivity index (χ2n) is 6.37. The van der Waals surface area contributed by atoms with E-state index in [4.69, 9.17) is 5.73 Å². The highest BCUT2D eigenvalue weighted by atomic mass is 32.2. The van der Waals surface area contributed by atoms with Crippen LogP contribution in [0, 0.1) is 5.82 Å². The Kier molecular flexibility index (Phi) is 5.02. The number of aromatic nitrogens is 2. The van der Waals surface area contributed by atoms with E-state index in [2.05, 4.69) is 4.98 Å². The number of nitrogens with two attached hydrogens (primary N) is 1. The van der Waals surface area contributed by atoms with Crippen molar-refractivity contribution >= 4 is 20.7 Å². The second-order valence-corrected chi connectivity index (χ2v) is 8.35. The minimum Gasteiger partial charge on any atom is -0.322 e. The minimum atomic E-state index is -3.79. The van der Waals surface area contributed by atoms with Crippen molar-refractivity contribution in [2.75, 3.05) is 6.26 Å². The lowest BCUT2D eigenvalue weighted by atomic mass is 10.1. The van der Waals surface area contributed by atoms with Gasteiger partial charge in [-0.1, -0.05) is 6.07 Å². The molecule has 0 aliphatic heterocycles. The molecular weight excluding hydrogens is 395 g/mol. The van der Waals surface area contributed by atoms with E-state index in [0.29, 0.717) is 6.07 Å². The molecule has 1 heterocycles. The highest BCUT2D eigenvalue weighted by Gasteiger charge is 2.22. The van der Waals surface area contributed by atoms with Gasteiger partial charge >= 0.3 is 0 Å². The van der Waals surface area contributed by atoms with Crippen molar-refractivity contribution in [2.45, 2.75) is 24.3 Å². The molecule has 1 aromatic heterocycles. The van der Waals surface area contributed by atoms with Crippen LogP contribution in [-0.4, -0.2) is 24.2 Å². The highest BCUT2D eigenvalue weighted by Crippen LogP contribution is 2.26. The van der Waals surface area contributed by atoms with Crippen LogP contribution in [0.3, 0.4) is 0 Å². The first-order chi connectivity index (χ1) is 13.0. The summed E-state index contributed by atoms with van der Waals surface area (Å²) in [6.07, 6.45) is -2.04. The number of hydrogen-bond acceptors (Lipinski definition) is 5. The maximum absolute atomic E-state index is 13.9. The molecule has 0 saturated heterocycles. The van der Waals surface area contributed by atoms with E-state index in [9.17, 15) is 26.4 Å². The molecule has 0 spiro atoms. The zero-order valence-electron chi connectivity index (χ0n) is 14.9. The Bertz CT molecular complexity index is 1240. The van der Waals surface area contributed by atoms with Crippen molar-refractivity contribution in [2.24, 2.45) is 5.73 Å². The third-order valence-electron chi connectivity index (χ3n) is 4.11. The predicted octanol–water partition coefficient (Wildman–Crippen LogP) is 2.89. The molecule has 2 aromatic carbocycles. The number of benzene rings is 2. The molecule has 0 aliphatic carbocycles. The van der Waals surface area contributed by atoms with Crippen LogP contribution in [-0.2, 0) is 9.84 Å². The number of nitrogens with zero attached hydrogens (tertiary/aromatic N) is 2. The molecule has 0 unspecified atom stereocenters. The van der Waals surface area contributed by atoms with Crippen LogP contribution in [0.15, 0.2) is 46.1 Å². The van der Waals surface area contributed by atoms with E-state index in [1.807, 2.05) is 0 Å². The lowest BCUT2D eigenvalue weighted by molar-refractivity contribution is 0.151. The first-order valence-corrected chi connectivity index (χ1v) is 10.00. The van der Waals surface area contributed by atoms with Gasteiger partial charge in [-0.25, -0.2) is 26.6 Å². The average Bonchev–Trinajstić information content (AvgIpc) is 2.59. The third-order valence-corrected chi connectivity index (χ3v) is 5.25. The van der Waals surface area contributed by atoms with Gasteiger partial charge < -0.3 is 5.73 Å². The van der Waals surface area contributed by atoms with Crippen LogP contribution < -0.4 is 11.3 Å². The van der Waals surface area contributed by atoms with Gasteiger partial charge in [0, 0.05) is 11.8 Å². The highest BCUT2D eigenvalue weighted by molar-refractivity contribution is 7.91. The molecule has 3 aromatic rings. The zero-order chi connectivity index (χ0) is 20.8. The van der Waals surface area contributed by atoms with Gasteiger partial charge in [0.2, 0.25) is 0 Å². The van der Waals surface area contributed by atoms with Crippen molar-refractivity contribution in [3.05, 3.63) is 64.0 Å². The molecule has 28 heavy (non-hydrogen) atoms. The summed E-state index contributed by atoms with van der Waals surface area (Å²) in [5.74, 6) is -0.999. The predicted molar refractivity (Wildman–Crippen MR) is 98.0 cm³/mol. The summed E-state index contributed by atoms with van der Waals surface area (Å²) in [5, 5.41) is -0.225. The smallest absolute Gasteiger partial charge is 0.267 e. The fraction of sp³-hybridized carbons (Fsp3) is 0.222. The fourth-order valence-electron chi connectivity index (χ4n) is 2.93. The van der Waals surface area contributed by atoms with Crippen LogP contribution in [0.25, 0.3) is 16.6 Å². The summed E-state index contributed by atoms with van der Waals surface area (Å²) in [7, 11) is -3.79. The van der Waals surface area contributed by atoms with Crippen LogP contribution in [0.2, 0.25) is 0 Å². The van der Waals surface area contributed by atoms with Crippen LogP contribution in [0.5, 0.6) is 0 Å². The number of halogens is 3. The number of rotatable bonds is 4. The zero-order valence-corrected chi connectivity index (χ0v) is 15.7. The monoisotopic (exact) mass is 411 g/mol. The quantitative estimate of drug-likeness (QED) is 0.712. The molecular formula is C18H16F3N3O3S. The van der Waals surface area contributed by atoms with Crippen LogP contribution in [0.4, 0.5) is 13.2 Å².